The molecule has 0 aliphatic carbocycles. The summed E-state index contributed by atoms with van der Waals surface area (Å²) >= 11 is 1.40. The van der Waals surface area contributed by atoms with Crippen LogP contribution in [0.15, 0.2) is 53.9 Å². The predicted molar refractivity (Wildman–Crippen MR) is 108 cm³/mol. The van der Waals surface area contributed by atoms with Gasteiger partial charge in [-0.05, 0) is 31.2 Å². The SMILES string of the molecule is COC(=O)c1ccccc1OCc1csc(CC(=O)Nc2ccc(C)cc2)n1. The lowest BCUT2D eigenvalue weighted by molar-refractivity contribution is -0.115. The van der Waals surface area contributed by atoms with Gasteiger partial charge in [0.25, 0.3) is 0 Å². The number of aromatic nitrogens is 1. The molecule has 0 unspecified atom stereocenters. The highest BCUT2D eigenvalue weighted by molar-refractivity contribution is 7.09. The quantitative estimate of drug-likeness (QED) is 0.611. The lowest BCUT2D eigenvalue weighted by atomic mass is 10.2. The van der Waals surface area contributed by atoms with Crippen LogP contribution < -0.4 is 10.1 Å². The van der Waals surface area contributed by atoms with Crippen molar-refractivity contribution < 1.29 is 19.1 Å². The summed E-state index contributed by atoms with van der Waals surface area (Å²) in [4.78, 5) is 28.4. The smallest absolute Gasteiger partial charge is 0.341 e. The zero-order valence-electron chi connectivity index (χ0n) is 15.6. The second kappa shape index (κ2) is 9.14. The van der Waals surface area contributed by atoms with Crippen molar-refractivity contribution in [3.05, 3.63) is 75.7 Å². The molecule has 0 radical (unpaired) electrons. The van der Waals surface area contributed by atoms with Gasteiger partial charge < -0.3 is 14.8 Å². The zero-order valence-corrected chi connectivity index (χ0v) is 16.4. The number of carbonyl (C=O) groups excluding carboxylic acids is 2. The van der Waals surface area contributed by atoms with Crippen LogP contribution in [0.3, 0.4) is 0 Å². The lowest BCUT2D eigenvalue weighted by Crippen LogP contribution is -2.14. The molecule has 0 aliphatic rings. The Morgan fingerprint density at radius 3 is 2.61 bits per heavy atom. The molecule has 28 heavy (non-hydrogen) atoms. The largest absolute Gasteiger partial charge is 0.486 e. The minimum absolute atomic E-state index is 0.123. The van der Waals surface area contributed by atoms with E-state index < -0.39 is 5.97 Å². The fourth-order valence-corrected chi connectivity index (χ4v) is 3.28. The molecule has 0 aliphatic heterocycles. The molecule has 2 aromatic carbocycles. The third-order valence-electron chi connectivity index (χ3n) is 3.91. The summed E-state index contributed by atoms with van der Waals surface area (Å²) in [6.45, 7) is 2.19. The summed E-state index contributed by atoms with van der Waals surface area (Å²) in [6.07, 6.45) is 0.192. The maximum Gasteiger partial charge on any atom is 0.341 e. The van der Waals surface area contributed by atoms with E-state index in [1.165, 1.54) is 18.4 Å². The van der Waals surface area contributed by atoms with Gasteiger partial charge in [0, 0.05) is 11.1 Å². The van der Waals surface area contributed by atoms with E-state index in [1.54, 1.807) is 24.3 Å². The first-order valence-corrected chi connectivity index (χ1v) is 9.53. The van der Waals surface area contributed by atoms with Crippen LogP contribution in [0.2, 0.25) is 0 Å². The van der Waals surface area contributed by atoms with Crippen LogP contribution in [0.1, 0.15) is 26.6 Å². The van der Waals surface area contributed by atoms with Crippen LogP contribution in [0.5, 0.6) is 5.75 Å². The average Bonchev–Trinajstić information content (AvgIpc) is 3.15. The van der Waals surface area contributed by atoms with Gasteiger partial charge in [-0.15, -0.1) is 11.3 Å². The number of aryl methyl sites for hydroxylation is 1. The van der Waals surface area contributed by atoms with Crippen LogP contribution in [0.25, 0.3) is 0 Å². The van der Waals surface area contributed by atoms with Gasteiger partial charge in [-0.1, -0.05) is 29.8 Å². The van der Waals surface area contributed by atoms with E-state index in [-0.39, 0.29) is 18.9 Å². The summed E-state index contributed by atoms with van der Waals surface area (Å²) in [5.41, 5.74) is 2.95. The number of benzene rings is 2. The maximum absolute atomic E-state index is 12.2. The van der Waals surface area contributed by atoms with Gasteiger partial charge in [0.15, 0.2) is 0 Å². The predicted octanol–water partition coefficient (Wildman–Crippen LogP) is 4.00. The number of amides is 1. The van der Waals surface area contributed by atoms with E-state index in [0.717, 1.165) is 11.3 Å². The first-order valence-electron chi connectivity index (χ1n) is 8.65. The molecule has 3 rings (SSSR count). The number of carbonyl (C=O) groups is 2. The Morgan fingerprint density at radius 1 is 1.11 bits per heavy atom. The highest BCUT2D eigenvalue weighted by atomic mass is 32.1. The van der Waals surface area contributed by atoms with E-state index >= 15 is 0 Å². The number of nitrogens with one attached hydrogen (secondary N) is 1. The van der Waals surface area contributed by atoms with Gasteiger partial charge in [-0.2, -0.15) is 0 Å². The van der Waals surface area contributed by atoms with Crippen molar-refractivity contribution >= 4 is 28.9 Å². The number of thiazole rings is 1. The Labute approximate surface area is 167 Å². The molecule has 1 aromatic heterocycles. The first kappa shape index (κ1) is 19.6. The molecule has 0 bridgehead atoms. The molecule has 1 amide bonds. The van der Waals surface area contributed by atoms with Crippen LogP contribution in [-0.4, -0.2) is 24.0 Å². The Kier molecular flexibility index (Phi) is 6.39. The number of methoxy groups -OCH3 is 1. The number of esters is 1. The first-order chi connectivity index (χ1) is 13.5. The second-order valence-electron chi connectivity index (χ2n) is 6.10. The van der Waals surface area contributed by atoms with Crippen molar-refractivity contribution in [2.45, 2.75) is 20.0 Å². The maximum atomic E-state index is 12.2. The number of ether oxygens (including phenoxy) is 2. The molecule has 6 nitrogen and oxygen atoms in total. The molecule has 3 aromatic rings. The number of hydrogen-bond acceptors (Lipinski definition) is 6. The monoisotopic (exact) mass is 396 g/mol. The average molecular weight is 396 g/mol. The van der Waals surface area contributed by atoms with Crippen molar-refractivity contribution in [1.82, 2.24) is 4.98 Å². The molecule has 0 saturated carbocycles. The highest BCUT2D eigenvalue weighted by Crippen LogP contribution is 2.21. The lowest BCUT2D eigenvalue weighted by Gasteiger charge is -2.08. The minimum Gasteiger partial charge on any atom is -0.486 e. The summed E-state index contributed by atoms with van der Waals surface area (Å²) in [6, 6.07) is 14.5. The molecule has 0 spiro atoms. The summed E-state index contributed by atoms with van der Waals surface area (Å²) in [5, 5.41) is 5.40. The number of para-hydroxylation sites is 1. The van der Waals surface area contributed by atoms with Crippen molar-refractivity contribution in [2.24, 2.45) is 0 Å². The normalized spacial score (nSPS) is 10.4. The van der Waals surface area contributed by atoms with Crippen LogP contribution in [0.4, 0.5) is 5.69 Å². The molecule has 0 fully saturated rings. The van der Waals surface area contributed by atoms with Crippen molar-refractivity contribution in [1.29, 1.82) is 0 Å². The number of hydrogen-bond donors (Lipinski definition) is 1. The van der Waals surface area contributed by atoms with Crippen LogP contribution in [0, 0.1) is 6.92 Å². The van der Waals surface area contributed by atoms with E-state index in [2.05, 4.69) is 10.3 Å². The van der Waals surface area contributed by atoms with E-state index in [0.29, 0.717) is 22.0 Å². The van der Waals surface area contributed by atoms with Crippen LogP contribution >= 0.6 is 11.3 Å². The standard InChI is InChI=1S/C21H20N2O4S/c1-14-7-9-15(10-8-14)22-19(24)11-20-23-16(13-28-20)12-27-18-6-4-3-5-17(18)21(25)26-2/h3-10,13H,11-12H2,1-2H3,(H,22,24). The van der Waals surface area contributed by atoms with Crippen molar-refractivity contribution in [3.8, 4) is 5.75 Å². The van der Waals surface area contributed by atoms with Gasteiger partial charge in [0.2, 0.25) is 5.91 Å². The Balaban J connectivity index is 1.56. The Bertz CT molecular complexity index is 967. The fourth-order valence-electron chi connectivity index (χ4n) is 2.50. The Morgan fingerprint density at radius 2 is 1.86 bits per heavy atom. The summed E-state index contributed by atoms with van der Waals surface area (Å²) < 4.78 is 10.5. The molecular weight excluding hydrogens is 376 g/mol. The van der Waals surface area contributed by atoms with Crippen LogP contribution in [-0.2, 0) is 22.6 Å². The van der Waals surface area contributed by atoms with Gasteiger partial charge >= 0.3 is 5.97 Å². The Hall–Kier alpha value is -3.19. The third kappa shape index (κ3) is 5.17. The topological polar surface area (TPSA) is 77.5 Å². The molecule has 1 heterocycles. The molecule has 7 heteroatoms. The van der Waals surface area contributed by atoms with Gasteiger partial charge in [0.05, 0.1) is 19.2 Å². The number of anilines is 1. The van der Waals surface area contributed by atoms with E-state index in [1.807, 2.05) is 36.6 Å². The van der Waals surface area contributed by atoms with Gasteiger partial charge in [-0.25, -0.2) is 9.78 Å². The van der Waals surface area contributed by atoms with Gasteiger partial charge in [-0.3, -0.25) is 4.79 Å². The number of nitrogens with zero attached hydrogens (tertiary/aromatic N) is 1. The third-order valence-corrected chi connectivity index (χ3v) is 4.81. The summed E-state index contributed by atoms with van der Waals surface area (Å²) in [7, 11) is 1.33. The summed E-state index contributed by atoms with van der Waals surface area (Å²) in [5.74, 6) is -0.148. The molecule has 0 atom stereocenters. The molecule has 0 saturated heterocycles. The van der Waals surface area contributed by atoms with Gasteiger partial charge in [0.1, 0.15) is 22.9 Å². The number of rotatable bonds is 7. The second-order valence-corrected chi connectivity index (χ2v) is 7.04. The van der Waals surface area contributed by atoms with E-state index in [4.69, 9.17) is 9.47 Å². The fraction of sp³-hybridized carbons (Fsp3) is 0.190. The molecule has 1 N–H and O–H groups in total. The molecular formula is C21H20N2O4S. The highest BCUT2D eigenvalue weighted by Gasteiger charge is 2.13. The van der Waals surface area contributed by atoms with Crippen molar-refractivity contribution in [3.63, 3.8) is 0 Å². The van der Waals surface area contributed by atoms with E-state index in [9.17, 15) is 9.59 Å². The van der Waals surface area contributed by atoms with Crippen molar-refractivity contribution in [2.75, 3.05) is 12.4 Å². The minimum atomic E-state index is -0.456. The molecule has 144 valence electrons. The zero-order chi connectivity index (χ0) is 19.9.